The monoisotopic (exact) mass is 271 g/mol. The maximum Gasteiger partial charge on any atom is 0.197 e. The first-order valence-corrected chi connectivity index (χ1v) is 6.99. The van der Waals surface area contributed by atoms with Crippen LogP contribution in [0.3, 0.4) is 0 Å². The van der Waals surface area contributed by atoms with Crippen LogP contribution in [0.25, 0.3) is 10.2 Å². The van der Waals surface area contributed by atoms with Crippen LogP contribution in [0.5, 0.6) is 0 Å². The normalized spacial score (nSPS) is 11.0. The zero-order valence-corrected chi connectivity index (χ0v) is 11.4. The number of fused-ring (bicyclic) bond motifs is 1. The van der Waals surface area contributed by atoms with E-state index in [1.807, 2.05) is 41.9 Å². The van der Waals surface area contributed by atoms with Gasteiger partial charge in [0.1, 0.15) is 0 Å². The predicted molar refractivity (Wildman–Crippen MR) is 75.6 cm³/mol. The highest BCUT2D eigenvalue weighted by Crippen LogP contribution is 2.22. The van der Waals surface area contributed by atoms with Gasteiger partial charge in [-0.2, -0.15) is 5.10 Å². The van der Waals surface area contributed by atoms with Gasteiger partial charge < -0.3 is 0 Å². The Morgan fingerprint density at radius 2 is 2.16 bits per heavy atom. The summed E-state index contributed by atoms with van der Waals surface area (Å²) in [5.41, 5.74) is 1.83. The summed E-state index contributed by atoms with van der Waals surface area (Å²) in [5.74, 6) is 0.0522. The number of Topliss-reactive ketones (excluding diaryl/α,β-unsaturated/α-hetero) is 1. The van der Waals surface area contributed by atoms with E-state index in [0.717, 1.165) is 22.5 Å². The molecule has 0 aliphatic rings. The topological polar surface area (TPSA) is 47.8 Å². The molecular formula is C14H13N3OS. The number of hydrogen-bond donors (Lipinski definition) is 0. The Labute approximate surface area is 114 Å². The van der Waals surface area contributed by atoms with Crippen molar-refractivity contribution in [2.45, 2.75) is 19.9 Å². The third-order valence-corrected chi connectivity index (χ3v) is 4.06. The lowest BCUT2D eigenvalue weighted by Gasteiger charge is -2.02. The molecular weight excluding hydrogens is 258 g/mol. The number of thiazole rings is 1. The summed E-state index contributed by atoms with van der Waals surface area (Å²) in [6.07, 6.45) is 2.08. The Kier molecular flexibility index (Phi) is 3.13. The van der Waals surface area contributed by atoms with Gasteiger partial charge in [-0.3, -0.25) is 9.48 Å². The largest absolute Gasteiger partial charge is 0.291 e. The Balaban J connectivity index is 1.87. The minimum Gasteiger partial charge on any atom is -0.291 e. The van der Waals surface area contributed by atoms with E-state index in [1.165, 1.54) is 11.3 Å². The van der Waals surface area contributed by atoms with Crippen LogP contribution >= 0.6 is 11.3 Å². The van der Waals surface area contributed by atoms with Crippen molar-refractivity contribution in [3.63, 3.8) is 0 Å². The zero-order valence-electron chi connectivity index (χ0n) is 10.5. The van der Waals surface area contributed by atoms with E-state index in [1.54, 1.807) is 6.20 Å². The maximum absolute atomic E-state index is 12.3. The van der Waals surface area contributed by atoms with E-state index in [-0.39, 0.29) is 5.78 Å². The Morgan fingerprint density at radius 1 is 1.32 bits per heavy atom. The van der Waals surface area contributed by atoms with Crippen molar-refractivity contribution in [3.05, 3.63) is 47.2 Å². The molecule has 0 saturated carbocycles. The number of para-hydroxylation sites is 1. The molecule has 4 nitrogen and oxygen atoms in total. The summed E-state index contributed by atoms with van der Waals surface area (Å²) in [7, 11) is 0. The molecule has 0 amide bonds. The molecule has 3 rings (SSSR count). The van der Waals surface area contributed by atoms with Gasteiger partial charge in [0.15, 0.2) is 10.8 Å². The van der Waals surface area contributed by atoms with Crippen molar-refractivity contribution in [1.29, 1.82) is 0 Å². The highest BCUT2D eigenvalue weighted by molar-refractivity contribution is 7.20. The van der Waals surface area contributed by atoms with Crippen LogP contribution in [0.4, 0.5) is 0 Å². The molecule has 0 bridgehead atoms. The highest BCUT2D eigenvalue weighted by Gasteiger charge is 2.14. The number of benzene rings is 1. The minimum absolute atomic E-state index is 0.0522. The molecule has 0 N–H and O–H groups in total. The van der Waals surface area contributed by atoms with Crippen LogP contribution in [0, 0.1) is 0 Å². The summed E-state index contributed by atoms with van der Waals surface area (Å²) >= 11 is 1.45. The molecule has 0 aliphatic heterocycles. The van der Waals surface area contributed by atoms with Gasteiger partial charge in [-0.1, -0.05) is 12.1 Å². The third kappa shape index (κ3) is 2.29. The number of ketones is 1. The van der Waals surface area contributed by atoms with Crippen molar-refractivity contribution in [3.8, 4) is 0 Å². The van der Waals surface area contributed by atoms with Gasteiger partial charge in [0, 0.05) is 18.4 Å². The molecule has 0 saturated heterocycles. The molecule has 0 unspecified atom stereocenters. The zero-order chi connectivity index (χ0) is 13.2. The molecule has 0 radical (unpaired) electrons. The number of aryl methyl sites for hydroxylation is 1. The van der Waals surface area contributed by atoms with E-state index in [0.29, 0.717) is 11.4 Å². The Bertz CT molecular complexity index is 696. The van der Waals surface area contributed by atoms with E-state index < -0.39 is 0 Å². The van der Waals surface area contributed by atoms with Crippen LogP contribution < -0.4 is 0 Å². The number of aromatic nitrogens is 3. The highest BCUT2D eigenvalue weighted by atomic mass is 32.1. The van der Waals surface area contributed by atoms with Crippen LogP contribution in [-0.2, 0) is 13.0 Å². The van der Waals surface area contributed by atoms with Gasteiger partial charge in [0.05, 0.1) is 16.6 Å². The molecule has 0 fully saturated rings. The molecule has 0 spiro atoms. The third-order valence-electron chi connectivity index (χ3n) is 2.98. The lowest BCUT2D eigenvalue weighted by atomic mass is 10.2. The average Bonchev–Trinajstić information content (AvgIpc) is 3.03. The van der Waals surface area contributed by atoms with E-state index >= 15 is 0 Å². The van der Waals surface area contributed by atoms with Gasteiger partial charge in [0.2, 0.25) is 0 Å². The van der Waals surface area contributed by atoms with Gasteiger partial charge in [-0.15, -0.1) is 11.3 Å². The van der Waals surface area contributed by atoms with Gasteiger partial charge in [-0.25, -0.2) is 4.98 Å². The van der Waals surface area contributed by atoms with Crippen molar-refractivity contribution < 1.29 is 4.79 Å². The van der Waals surface area contributed by atoms with Gasteiger partial charge in [0.25, 0.3) is 0 Å². The standard InChI is InChI=1S/C14H13N3OS/c1-2-17-10(7-8-15-17)9-12(18)14-16-11-5-3-4-6-13(11)19-14/h3-8H,2,9H2,1H3. The van der Waals surface area contributed by atoms with Crippen LogP contribution in [0.2, 0.25) is 0 Å². The van der Waals surface area contributed by atoms with Crippen molar-refractivity contribution >= 4 is 27.3 Å². The molecule has 3 aromatic rings. The lowest BCUT2D eigenvalue weighted by Crippen LogP contribution is -2.09. The molecule has 0 atom stereocenters. The second-order valence-electron chi connectivity index (χ2n) is 4.23. The van der Waals surface area contributed by atoms with Gasteiger partial charge >= 0.3 is 0 Å². The second-order valence-corrected chi connectivity index (χ2v) is 5.26. The van der Waals surface area contributed by atoms with Crippen molar-refractivity contribution in [1.82, 2.24) is 14.8 Å². The number of hydrogen-bond acceptors (Lipinski definition) is 4. The van der Waals surface area contributed by atoms with Crippen LogP contribution in [0.1, 0.15) is 22.4 Å². The first kappa shape index (κ1) is 12.0. The fraction of sp³-hybridized carbons (Fsp3) is 0.214. The summed E-state index contributed by atoms with van der Waals surface area (Å²) in [4.78, 5) is 16.6. The second kappa shape index (κ2) is 4.93. The number of carbonyl (C=O) groups excluding carboxylic acids is 1. The van der Waals surface area contributed by atoms with E-state index in [4.69, 9.17) is 0 Å². The summed E-state index contributed by atoms with van der Waals surface area (Å²) in [5, 5.41) is 4.75. The smallest absolute Gasteiger partial charge is 0.197 e. The molecule has 19 heavy (non-hydrogen) atoms. The molecule has 5 heteroatoms. The van der Waals surface area contributed by atoms with Crippen molar-refractivity contribution in [2.24, 2.45) is 0 Å². The predicted octanol–water partition coefficient (Wildman–Crippen LogP) is 2.94. The first-order valence-electron chi connectivity index (χ1n) is 6.17. The number of rotatable bonds is 4. The van der Waals surface area contributed by atoms with E-state index in [2.05, 4.69) is 10.1 Å². The Hall–Kier alpha value is -2.01. The van der Waals surface area contributed by atoms with Crippen LogP contribution in [-0.4, -0.2) is 20.5 Å². The number of carbonyl (C=O) groups is 1. The first-order chi connectivity index (χ1) is 9.28. The van der Waals surface area contributed by atoms with Crippen LogP contribution in [0.15, 0.2) is 36.5 Å². The molecule has 1 aromatic carbocycles. The summed E-state index contributed by atoms with van der Waals surface area (Å²) in [6.45, 7) is 2.79. The van der Waals surface area contributed by atoms with Crippen molar-refractivity contribution in [2.75, 3.05) is 0 Å². The Morgan fingerprint density at radius 3 is 2.95 bits per heavy atom. The molecule has 0 aliphatic carbocycles. The molecule has 2 aromatic heterocycles. The molecule has 96 valence electrons. The van der Waals surface area contributed by atoms with Gasteiger partial charge in [-0.05, 0) is 25.1 Å². The fourth-order valence-corrected chi connectivity index (χ4v) is 2.93. The quantitative estimate of drug-likeness (QED) is 0.685. The maximum atomic E-state index is 12.3. The van der Waals surface area contributed by atoms with E-state index in [9.17, 15) is 4.79 Å². The number of nitrogens with zero attached hydrogens (tertiary/aromatic N) is 3. The molecule has 2 heterocycles. The fourth-order valence-electron chi connectivity index (χ4n) is 2.03. The summed E-state index contributed by atoms with van der Waals surface area (Å²) in [6, 6.07) is 9.69. The minimum atomic E-state index is 0.0522. The lowest BCUT2D eigenvalue weighted by molar-refractivity contribution is 0.0990. The summed E-state index contributed by atoms with van der Waals surface area (Å²) < 4.78 is 2.89. The SMILES string of the molecule is CCn1nccc1CC(=O)c1nc2ccccc2s1. The average molecular weight is 271 g/mol.